The molecule has 3 aliphatic heterocycles. The molecular weight excluding hydrogens is 2190 g/mol. The molecule has 3 fully saturated rings. The number of ketones is 1. The van der Waals surface area contributed by atoms with Crippen molar-refractivity contribution >= 4 is 138 Å². The molecule has 4 aromatic carbocycles. The van der Waals surface area contributed by atoms with Crippen molar-refractivity contribution in [3.8, 4) is 34.6 Å². The van der Waals surface area contributed by atoms with E-state index in [9.17, 15) is 59.1 Å². The SMILES string of the molecule is CC(=O)CBr.CC(C)(O)COc1ccc(Br)cn1.CC(C)(O)COc1ccc(Br)cn1.CCOC(=O)COc1ccc(Br)cn1.CCOC(=O)Cn1cc(Br)ccc1=O.C[C@@H](c1ccc(-c2ccc(OCC(C)(C)O)nc2)cc1)N1CC[C@](CC(C)(C)O)(c2ccccc2)OC1=O.C[C@@H](c1ccc(B2OC(C)(C)C(C)(C)O2)cc1)N1CC[C@](CC(C)(C)O)(c2ccccc2)OC1=O.O=c1ccc(Br)c[nH]1. The van der Waals surface area contributed by atoms with Crippen LogP contribution in [0.2, 0.25) is 0 Å². The summed E-state index contributed by atoms with van der Waals surface area (Å²) in [5.41, 5.74) is -0.637. The van der Waals surface area contributed by atoms with Crippen LogP contribution >= 0.6 is 95.6 Å². The highest BCUT2D eigenvalue weighted by Gasteiger charge is 2.52. The van der Waals surface area contributed by atoms with E-state index in [0.29, 0.717) is 80.8 Å². The molecular formula is C103H129BBr6N8O22. The lowest BCUT2D eigenvalue weighted by Crippen LogP contribution is -2.51. The van der Waals surface area contributed by atoms with Gasteiger partial charge in [-0.25, -0.2) is 34.3 Å². The van der Waals surface area contributed by atoms with E-state index < -0.39 is 69.5 Å². The molecule has 0 unspecified atom stereocenters. The Morgan fingerprint density at radius 1 is 0.464 bits per heavy atom. The van der Waals surface area contributed by atoms with Gasteiger partial charge in [0.25, 0.3) is 5.56 Å². The van der Waals surface area contributed by atoms with E-state index in [4.69, 9.17) is 42.5 Å². The van der Waals surface area contributed by atoms with Gasteiger partial charge in [-0.1, -0.05) is 125 Å². The smallest absolute Gasteiger partial charge is 0.475 e. The van der Waals surface area contributed by atoms with Gasteiger partial charge in [-0.3, -0.25) is 19.2 Å². The number of aromatic amines is 1. The monoisotopic (exact) mass is 2310 g/mol. The molecule has 0 saturated carbocycles. The quantitative estimate of drug-likeness (QED) is 0.0110. The van der Waals surface area contributed by atoms with Crippen LogP contribution in [0, 0.1) is 0 Å². The summed E-state index contributed by atoms with van der Waals surface area (Å²) in [6.45, 7) is 36.5. The van der Waals surface area contributed by atoms with E-state index >= 15 is 0 Å². The van der Waals surface area contributed by atoms with Gasteiger partial charge in [0.05, 0.1) is 69.8 Å². The van der Waals surface area contributed by atoms with E-state index in [0.717, 1.165) is 61.2 Å². The zero-order chi connectivity index (χ0) is 104. The first kappa shape index (κ1) is 119. The van der Waals surface area contributed by atoms with Gasteiger partial charge in [0.1, 0.15) is 43.4 Å². The average molecular weight is 2320 g/mol. The molecule has 6 aromatic heterocycles. The standard InChI is InChI=1S/C31H38N2O5.C28H38BNO5.2C9H10BrNO3.2C9H12BrNO2.C5H4BrNO.C3H5BrO/c1-22(23-11-13-24(14-12-23)25-15-16-27(32-19-25)37-21-30(4,5)36)33-18-17-31(38-28(33)34,20-29(2,3)35)26-9-7-6-8-10-26;1-20(21-13-15-23(16-14-21)29-34-26(4,5)27(6,7)35-29)30-18-17-28(33-24(30)31,19-25(2,3)32)22-11-9-8-10-12-22;1-2-13-9(12)6-14-8-4-3-7(10)5-11-8;1-2-14-9(13)6-11-5-7(10)3-4-8(11)12;2*1-9(2,12)6-13-8-4-3-7(10)5-11-8;6-4-1-2-5(8)7-3-4;1-3(5)2-4/h6-16,19,22,35-36H,17-18,20-21H2,1-5H3;8-16,20,32H,17-19H2,1-7H3;2*3-5H,2,6H2,1H3;2*3-5,12H,6H2,1-2H3;1-3H,(H,7,8);2H2,1H3/t22-,31-;20-,28-;;;;;;/m00....../s1. The van der Waals surface area contributed by atoms with Crippen molar-refractivity contribution < 1.29 is 96.7 Å². The van der Waals surface area contributed by atoms with Crippen LogP contribution in [0.25, 0.3) is 11.1 Å². The molecule has 10 aromatic rings. The number of pyridine rings is 6. The van der Waals surface area contributed by atoms with Gasteiger partial charge in [-0.05, 0) is 281 Å². The number of ether oxygens (including phenoxy) is 8. The summed E-state index contributed by atoms with van der Waals surface area (Å²) in [6, 6.07) is 55.7. The molecule has 0 spiro atoms. The van der Waals surface area contributed by atoms with Crippen LogP contribution in [0.3, 0.4) is 0 Å². The maximum absolute atomic E-state index is 13.3. The van der Waals surface area contributed by atoms with Gasteiger partial charge < -0.3 is 92.1 Å². The van der Waals surface area contributed by atoms with Crippen molar-refractivity contribution in [1.29, 1.82) is 0 Å². The fourth-order valence-corrected chi connectivity index (χ4v) is 14.8. The fourth-order valence-electron chi connectivity index (χ4n) is 13.4. The van der Waals surface area contributed by atoms with Gasteiger partial charge in [0, 0.05) is 140 Å². The molecule has 2 amide bonds. The van der Waals surface area contributed by atoms with E-state index in [1.165, 1.54) is 23.6 Å². The lowest BCUT2D eigenvalue weighted by molar-refractivity contribution is -0.145. The maximum Gasteiger partial charge on any atom is 0.494 e. The van der Waals surface area contributed by atoms with E-state index in [1.807, 2.05) is 169 Å². The van der Waals surface area contributed by atoms with Crippen LogP contribution in [0.15, 0.2) is 251 Å². The number of nitrogens with zero attached hydrogens (tertiary/aromatic N) is 7. The minimum absolute atomic E-state index is 0.0495. The Morgan fingerprint density at radius 2 is 0.829 bits per heavy atom. The third kappa shape index (κ3) is 42.5. The molecule has 30 nitrogen and oxygen atoms in total. The number of benzene rings is 4. The second-order valence-corrected chi connectivity index (χ2v) is 42.2. The highest BCUT2D eigenvalue weighted by atomic mass is 79.9. The number of nitrogens with one attached hydrogen (secondary N) is 1. The second-order valence-electron chi connectivity index (χ2n) is 37.1. The number of aromatic nitrogens is 6. The lowest BCUT2D eigenvalue weighted by Gasteiger charge is -2.45. The van der Waals surface area contributed by atoms with Gasteiger partial charge >= 0.3 is 31.2 Å². The van der Waals surface area contributed by atoms with E-state index in [2.05, 4.69) is 125 Å². The molecule has 3 aliphatic rings. The molecule has 4 atom stereocenters. The van der Waals surface area contributed by atoms with E-state index in [-0.39, 0.29) is 74.1 Å². The second kappa shape index (κ2) is 55.3. The van der Waals surface area contributed by atoms with Crippen LogP contribution in [-0.2, 0) is 60.4 Å². The van der Waals surface area contributed by atoms with Crippen LogP contribution < -0.4 is 35.5 Å². The molecule has 0 radical (unpaired) electrons. The number of Topliss-reactive ketones (excluding diaryl/α,β-unsaturated/α-hetero) is 1. The largest absolute Gasteiger partial charge is 0.494 e. The van der Waals surface area contributed by atoms with Crippen molar-refractivity contribution in [3.63, 3.8) is 0 Å². The molecule has 140 heavy (non-hydrogen) atoms. The molecule has 9 heterocycles. The molecule has 13 rings (SSSR count). The first-order chi connectivity index (χ1) is 65.4. The third-order valence-electron chi connectivity index (χ3n) is 20.9. The Morgan fingerprint density at radius 3 is 1.16 bits per heavy atom. The number of hydrogen-bond donors (Lipinski definition) is 6. The summed E-state index contributed by atoms with van der Waals surface area (Å²) in [5.74, 6) is 1.27. The minimum atomic E-state index is -0.992. The number of cyclic esters (lactones) is 2. The zero-order valence-electron chi connectivity index (χ0n) is 82.5. The molecule has 758 valence electrons. The van der Waals surface area contributed by atoms with Crippen LogP contribution in [0.1, 0.15) is 192 Å². The number of halogens is 6. The minimum Gasteiger partial charge on any atom is -0.475 e. The molecule has 0 bridgehead atoms. The van der Waals surface area contributed by atoms with Crippen molar-refractivity contribution in [3.05, 3.63) is 284 Å². The number of aliphatic hydroxyl groups is 5. The van der Waals surface area contributed by atoms with Crippen LogP contribution in [-0.4, -0.2) is 199 Å². The molecule has 0 aliphatic carbocycles. The zero-order valence-corrected chi connectivity index (χ0v) is 92.0. The number of amides is 2. The van der Waals surface area contributed by atoms with Gasteiger partial charge in [0.2, 0.25) is 29.1 Å². The Kier molecular flexibility index (Phi) is 47.0. The summed E-state index contributed by atoms with van der Waals surface area (Å²) >= 11 is 19.1. The van der Waals surface area contributed by atoms with Gasteiger partial charge in [-0.15, -0.1) is 0 Å². The number of carbonyl (C=O) groups excluding carboxylic acids is 5. The Balaban J connectivity index is 0.000000265. The Hall–Kier alpha value is -9.61. The number of carbonyl (C=O) groups is 5. The summed E-state index contributed by atoms with van der Waals surface area (Å²) in [6.07, 6.45) is 10.9. The number of H-pyrrole nitrogens is 1. The third-order valence-corrected chi connectivity index (χ3v) is 24.0. The highest BCUT2D eigenvalue weighted by molar-refractivity contribution is 9.11. The predicted molar refractivity (Wildman–Crippen MR) is 560 cm³/mol. The molecule has 37 heteroatoms. The maximum atomic E-state index is 13.3. The Labute approximate surface area is 870 Å². The summed E-state index contributed by atoms with van der Waals surface area (Å²) in [7, 11) is -0.419. The molecule has 3 saturated heterocycles. The first-order valence-electron chi connectivity index (χ1n) is 45.1. The highest BCUT2D eigenvalue weighted by Crippen LogP contribution is 2.45. The summed E-state index contributed by atoms with van der Waals surface area (Å²) in [4.78, 5) is 102. The summed E-state index contributed by atoms with van der Waals surface area (Å²) in [5, 5.41) is 50.2. The van der Waals surface area contributed by atoms with Crippen molar-refractivity contribution in [2.24, 2.45) is 0 Å². The number of esters is 2. The van der Waals surface area contributed by atoms with Crippen LogP contribution in [0.4, 0.5) is 9.59 Å². The molecule has 6 N–H and O–H groups in total. The fraction of sp³-hybridized carbons (Fsp3) is 0.427. The van der Waals surface area contributed by atoms with Crippen molar-refractivity contribution in [1.82, 2.24) is 39.3 Å². The first-order valence-corrected chi connectivity index (χ1v) is 50.2. The Bertz CT molecular complexity index is 5520. The topological polar surface area (TPSA) is 392 Å². The predicted octanol–water partition coefficient (Wildman–Crippen LogP) is 19.9. The van der Waals surface area contributed by atoms with Gasteiger partial charge in [0.15, 0.2) is 6.61 Å². The van der Waals surface area contributed by atoms with Crippen molar-refractivity contribution in [2.75, 3.05) is 58.1 Å². The number of alkyl halides is 1. The lowest BCUT2D eigenvalue weighted by atomic mass is 9.78. The normalized spacial score (nSPS) is 16.3. The summed E-state index contributed by atoms with van der Waals surface area (Å²) < 4.78 is 60.7. The number of rotatable bonds is 29. The van der Waals surface area contributed by atoms with E-state index in [1.54, 1.807) is 173 Å². The van der Waals surface area contributed by atoms with Crippen molar-refractivity contribution in [2.45, 2.75) is 226 Å². The average Bonchev–Trinajstić information content (AvgIpc) is 1.50. The van der Waals surface area contributed by atoms with Crippen LogP contribution in [0.5, 0.6) is 23.5 Å². The van der Waals surface area contributed by atoms with Gasteiger partial charge in [-0.2, -0.15) is 0 Å². The number of hydrogen-bond acceptors (Lipinski definition) is 26.